The van der Waals surface area contributed by atoms with Gasteiger partial charge in [-0.25, -0.2) is 4.79 Å². The monoisotopic (exact) mass is 680 g/mol. The summed E-state index contributed by atoms with van der Waals surface area (Å²) in [5.74, 6) is 0.413. The number of aliphatic imine (C=N–C) groups is 1. The van der Waals surface area contributed by atoms with Crippen LogP contribution in [0.5, 0.6) is 0 Å². The van der Waals surface area contributed by atoms with Crippen LogP contribution in [0.4, 0.5) is 4.79 Å². The molecule has 0 saturated heterocycles. The van der Waals surface area contributed by atoms with Gasteiger partial charge in [0.25, 0.3) is 0 Å². The van der Waals surface area contributed by atoms with E-state index in [0.717, 1.165) is 57.9 Å². The average Bonchev–Trinajstić information content (AvgIpc) is 3.01. The van der Waals surface area contributed by atoms with Crippen molar-refractivity contribution in [1.29, 1.82) is 0 Å². The van der Waals surface area contributed by atoms with Crippen molar-refractivity contribution in [3.8, 4) is 0 Å². The van der Waals surface area contributed by atoms with Crippen LogP contribution in [0, 0.1) is 12.8 Å². The first-order valence-corrected chi connectivity index (χ1v) is 17.9. The van der Waals surface area contributed by atoms with Crippen molar-refractivity contribution in [1.82, 2.24) is 4.90 Å². The van der Waals surface area contributed by atoms with E-state index in [9.17, 15) is 4.79 Å². The summed E-state index contributed by atoms with van der Waals surface area (Å²) in [5.41, 5.74) is 9.22. The van der Waals surface area contributed by atoms with E-state index in [2.05, 4.69) is 98.3 Å². The molecule has 5 nitrogen and oxygen atoms in total. The zero-order chi connectivity index (χ0) is 36.8. The number of carbonyl (C=O) groups excluding carboxylic acids is 1. The summed E-state index contributed by atoms with van der Waals surface area (Å²) < 4.78 is 11.6. The number of aryl methyl sites for hydroxylation is 1. The van der Waals surface area contributed by atoms with Gasteiger partial charge in [-0.15, -0.1) is 0 Å². The summed E-state index contributed by atoms with van der Waals surface area (Å²) in [7, 11) is 3.54. The molecule has 0 saturated carbocycles. The molecule has 268 valence electrons. The Hall–Kier alpha value is -2.89. The smallest absolute Gasteiger partial charge is 0.410 e. The summed E-state index contributed by atoms with van der Waals surface area (Å²) in [6.07, 6.45) is 6.46. The summed E-state index contributed by atoms with van der Waals surface area (Å²) in [5, 5.41) is 0.732. The first-order valence-electron chi connectivity index (χ1n) is 17.5. The highest BCUT2D eigenvalue weighted by atomic mass is 35.5. The number of halogens is 1. The third-order valence-corrected chi connectivity index (χ3v) is 9.07. The van der Waals surface area contributed by atoms with E-state index >= 15 is 0 Å². The maximum Gasteiger partial charge on any atom is 0.410 e. The molecule has 48 heavy (non-hydrogen) atoms. The summed E-state index contributed by atoms with van der Waals surface area (Å²) in [6, 6.07) is 6.07. The Balaban J connectivity index is 3.51. The molecular formula is C42H65ClN2O3. The second-order valence-electron chi connectivity index (χ2n) is 14.3. The van der Waals surface area contributed by atoms with Gasteiger partial charge in [-0.1, -0.05) is 94.8 Å². The van der Waals surface area contributed by atoms with Crippen LogP contribution in [-0.2, 0) is 9.47 Å². The molecule has 1 rings (SSSR count). The lowest BCUT2D eigenvalue weighted by molar-refractivity contribution is -0.0296. The van der Waals surface area contributed by atoms with Crippen molar-refractivity contribution in [3.63, 3.8) is 0 Å². The van der Waals surface area contributed by atoms with Crippen molar-refractivity contribution < 1.29 is 14.3 Å². The molecule has 0 aliphatic carbocycles. The molecule has 2 atom stereocenters. The van der Waals surface area contributed by atoms with Crippen LogP contribution in [-0.4, -0.2) is 55.7 Å². The van der Waals surface area contributed by atoms with Crippen LogP contribution in [0.3, 0.4) is 0 Å². The third-order valence-electron chi connectivity index (χ3n) is 8.84. The van der Waals surface area contributed by atoms with Crippen molar-refractivity contribution in [2.75, 3.05) is 27.2 Å². The highest BCUT2D eigenvalue weighted by molar-refractivity contribution is 6.30. The Bertz CT molecular complexity index is 1360. The van der Waals surface area contributed by atoms with E-state index < -0.39 is 5.60 Å². The molecule has 0 aromatic heterocycles. The number of hydrogen-bond acceptors (Lipinski definition) is 4. The van der Waals surface area contributed by atoms with Gasteiger partial charge in [0, 0.05) is 50.0 Å². The number of ether oxygens (including phenoxy) is 2. The number of hydrogen-bond donors (Lipinski definition) is 0. The van der Waals surface area contributed by atoms with Gasteiger partial charge in [-0.3, -0.25) is 4.99 Å². The standard InChI is InChI=1S/C42H65ClN2O3/c1-16-30(7)22-35(24-33(10)39-25-36(43)19-18-32(39)9)40(34(11)44-14)38(29(5)6)23-31(8)20-21-45(27-28(3)4)41(46)48-42(12,13)26-37(17-2)47-15/h18-19,24-25,28,33,37H,5,7-8,16-17,20-23,26-27H2,1-4,6,9-15H3/b35-24-,40-38+,44-34?. The molecule has 6 heteroatoms. The maximum absolute atomic E-state index is 13.5. The topological polar surface area (TPSA) is 51.1 Å². The van der Waals surface area contributed by atoms with Crippen molar-refractivity contribution in [3.05, 3.63) is 93.6 Å². The highest BCUT2D eigenvalue weighted by Gasteiger charge is 2.29. The lowest BCUT2D eigenvalue weighted by Crippen LogP contribution is -2.42. The van der Waals surface area contributed by atoms with Crippen LogP contribution in [0.2, 0.25) is 5.02 Å². The molecule has 0 aliphatic rings. The quantitative estimate of drug-likeness (QED) is 0.0782. The van der Waals surface area contributed by atoms with Crippen LogP contribution in [0.15, 0.2) is 82.4 Å². The number of amides is 1. The Labute approximate surface area is 298 Å². The van der Waals surface area contributed by atoms with Crippen LogP contribution >= 0.6 is 11.6 Å². The minimum atomic E-state index is -0.645. The molecule has 1 aromatic carbocycles. The molecule has 0 fully saturated rings. The fourth-order valence-electron chi connectivity index (χ4n) is 5.94. The average molecular weight is 681 g/mol. The SMILES string of the molecule is C=C(CC)CC(=C/C(C)c1cc(Cl)ccc1C)/C(C(C)=NC)=C(\CC(=C)CCN(CC(C)C)C(=O)OC(C)(C)CC(CC)OC)C(=C)C. The van der Waals surface area contributed by atoms with Gasteiger partial charge < -0.3 is 14.4 Å². The fraction of sp³-hybridized carbons (Fsp3) is 0.571. The minimum Gasteiger partial charge on any atom is -0.443 e. The third kappa shape index (κ3) is 14.3. The first-order chi connectivity index (χ1) is 22.4. The van der Waals surface area contributed by atoms with E-state index in [1.165, 1.54) is 16.7 Å². The first kappa shape index (κ1) is 43.1. The van der Waals surface area contributed by atoms with Crippen LogP contribution in [0.25, 0.3) is 0 Å². The molecule has 0 bridgehead atoms. The largest absolute Gasteiger partial charge is 0.443 e. The van der Waals surface area contributed by atoms with Gasteiger partial charge in [0.15, 0.2) is 0 Å². The van der Waals surface area contributed by atoms with Crippen LogP contribution in [0.1, 0.15) is 118 Å². The Morgan fingerprint density at radius 1 is 1.08 bits per heavy atom. The zero-order valence-corrected chi connectivity index (χ0v) is 33.1. The molecule has 1 amide bonds. The van der Waals surface area contributed by atoms with E-state index in [1.54, 1.807) is 7.11 Å². The molecule has 0 spiro atoms. The maximum atomic E-state index is 13.5. The Morgan fingerprint density at radius 2 is 1.73 bits per heavy atom. The van der Waals surface area contributed by atoms with Crippen LogP contribution < -0.4 is 0 Å². The summed E-state index contributed by atoms with van der Waals surface area (Å²) in [4.78, 5) is 20.0. The van der Waals surface area contributed by atoms with E-state index in [-0.39, 0.29) is 18.1 Å². The normalized spacial score (nSPS) is 14.4. The van der Waals surface area contributed by atoms with E-state index in [0.29, 0.717) is 38.3 Å². The molecule has 1 aromatic rings. The minimum absolute atomic E-state index is 0.0359. The van der Waals surface area contributed by atoms with E-state index in [4.69, 9.17) is 21.1 Å². The molecule has 0 radical (unpaired) electrons. The predicted molar refractivity (Wildman–Crippen MR) is 209 cm³/mol. The number of nitrogens with zero attached hydrogens (tertiary/aromatic N) is 2. The summed E-state index contributed by atoms with van der Waals surface area (Å²) in [6.45, 7) is 35.2. The number of methoxy groups -OCH3 is 1. The Morgan fingerprint density at radius 3 is 2.25 bits per heavy atom. The summed E-state index contributed by atoms with van der Waals surface area (Å²) >= 11 is 6.43. The van der Waals surface area contributed by atoms with Gasteiger partial charge in [-0.05, 0) is 113 Å². The predicted octanol–water partition coefficient (Wildman–Crippen LogP) is 12.0. The second kappa shape index (κ2) is 20.6. The van der Waals surface area contributed by atoms with Gasteiger partial charge in [-0.2, -0.15) is 0 Å². The number of carbonyl (C=O) groups is 1. The molecule has 0 N–H and O–H groups in total. The molecular weight excluding hydrogens is 616 g/mol. The number of allylic oxidation sites excluding steroid dienone is 6. The van der Waals surface area contributed by atoms with Gasteiger partial charge in [0.1, 0.15) is 5.60 Å². The number of benzene rings is 1. The number of rotatable bonds is 20. The molecule has 0 aliphatic heterocycles. The molecule has 2 unspecified atom stereocenters. The molecule has 0 heterocycles. The lowest BCUT2D eigenvalue weighted by atomic mass is 9.83. The van der Waals surface area contributed by atoms with E-state index in [1.807, 2.05) is 31.9 Å². The fourth-order valence-corrected chi connectivity index (χ4v) is 6.12. The van der Waals surface area contributed by atoms with Gasteiger partial charge in [0.05, 0.1) is 6.10 Å². The second-order valence-corrected chi connectivity index (χ2v) is 14.8. The van der Waals surface area contributed by atoms with Gasteiger partial charge >= 0.3 is 6.09 Å². The van der Waals surface area contributed by atoms with Crippen molar-refractivity contribution >= 4 is 23.4 Å². The lowest BCUT2D eigenvalue weighted by Gasteiger charge is -2.33. The Kier molecular flexibility index (Phi) is 18.5. The highest BCUT2D eigenvalue weighted by Crippen LogP contribution is 2.35. The van der Waals surface area contributed by atoms with Crippen molar-refractivity contribution in [2.24, 2.45) is 10.9 Å². The zero-order valence-electron chi connectivity index (χ0n) is 32.3. The van der Waals surface area contributed by atoms with Gasteiger partial charge in [0.2, 0.25) is 0 Å². The van der Waals surface area contributed by atoms with Crippen molar-refractivity contribution in [2.45, 2.75) is 125 Å².